The van der Waals surface area contributed by atoms with Crippen molar-refractivity contribution in [3.8, 4) is 0 Å². The van der Waals surface area contributed by atoms with Crippen LogP contribution in [0.4, 0.5) is 5.69 Å². The molecule has 0 heterocycles. The Morgan fingerprint density at radius 3 is 2.36 bits per heavy atom. The van der Waals surface area contributed by atoms with Crippen molar-refractivity contribution in [2.45, 2.75) is 26.2 Å². The second kappa shape index (κ2) is 14.9. The standard InChI is InChI=1S/C16H27N3O.2ClH/c1-3-19(15-9-5-4-6-10-15)14-8-13-18-16(20)11-7-12-17-2;;/h4-6,9-10,17H,3,7-8,11-14H2,1-2H3,(H,18,20);2*1H. The van der Waals surface area contributed by atoms with Crippen molar-refractivity contribution in [3.63, 3.8) is 0 Å². The first-order valence-electron chi connectivity index (χ1n) is 7.49. The van der Waals surface area contributed by atoms with Crippen LogP contribution < -0.4 is 15.5 Å². The van der Waals surface area contributed by atoms with E-state index in [1.54, 1.807) is 0 Å². The third kappa shape index (κ3) is 9.87. The maximum atomic E-state index is 11.5. The van der Waals surface area contributed by atoms with E-state index in [0.29, 0.717) is 6.42 Å². The number of benzene rings is 1. The molecule has 1 aromatic carbocycles. The molecule has 0 aliphatic rings. The first kappa shape index (κ1) is 23.3. The van der Waals surface area contributed by atoms with Crippen molar-refractivity contribution in [1.29, 1.82) is 0 Å². The van der Waals surface area contributed by atoms with E-state index in [0.717, 1.165) is 39.0 Å². The van der Waals surface area contributed by atoms with Gasteiger partial charge in [0, 0.05) is 31.7 Å². The summed E-state index contributed by atoms with van der Waals surface area (Å²) >= 11 is 0. The molecule has 0 radical (unpaired) electrons. The molecule has 22 heavy (non-hydrogen) atoms. The summed E-state index contributed by atoms with van der Waals surface area (Å²) in [4.78, 5) is 13.9. The number of nitrogens with one attached hydrogen (secondary N) is 2. The largest absolute Gasteiger partial charge is 0.372 e. The first-order valence-corrected chi connectivity index (χ1v) is 7.49. The van der Waals surface area contributed by atoms with Crippen molar-refractivity contribution in [2.24, 2.45) is 0 Å². The minimum atomic E-state index is 0. The van der Waals surface area contributed by atoms with E-state index in [1.807, 2.05) is 13.1 Å². The summed E-state index contributed by atoms with van der Waals surface area (Å²) in [5, 5.41) is 6.02. The highest BCUT2D eigenvalue weighted by Gasteiger charge is 2.04. The third-order valence-electron chi connectivity index (χ3n) is 3.26. The topological polar surface area (TPSA) is 44.4 Å². The van der Waals surface area contributed by atoms with Crippen molar-refractivity contribution >= 4 is 36.4 Å². The van der Waals surface area contributed by atoms with Crippen molar-refractivity contribution in [1.82, 2.24) is 10.6 Å². The van der Waals surface area contributed by atoms with Gasteiger partial charge in [-0.1, -0.05) is 18.2 Å². The van der Waals surface area contributed by atoms with E-state index in [-0.39, 0.29) is 30.7 Å². The molecule has 0 atom stereocenters. The van der Waals surface area contributed by atoms with E-state index in [2.05, 4.69) is 46.7 Å². The number of anilines is 1. The fourth-order valence-electron chi connectivity index (χ4n) is 2.12. The van der Waals surface area contributed by atoms with Gasteiger partial charge in [0.05, 0.1) is 0 Å². The number of hydrogen-bond donors (Lipinski definition) is 2. The fourth-order valence-corrected chi connectivity index (χ4v) is 2.12. The van der Waals surface area contributed by atoms with Crippen LogP contribution in [0.15, 0.2) is 30.3 Å². The highest BCUT2D eigenvalue weighted by atomic mass is 35.5. The second-order valence-corrected chi connectivity index (χ2v) is 4.83. The van der Waals surface area contributed by atoms with Gasteiger partial charge in [0.1, 0.15) is 0 Å². The van der Waals surface area contributed by atoms with E-state index in [9.17, 15) is 4.79 Å². The van der Waals surface area contributed by atoms with E-state index in [4.69, 9.17) is 0 Å². The molecule has 0 aliphatic heterocycles. The quantitative estimate of drug-likeness (QED) is 0.638. The molecule has 0 fully saturated rings. The van der Waals surface area contributed by atoms with Crippen LogP contribution in [-0.2, 0) is 4.79 Å². The maximum absolute atomic E-state index is 11.5. The van der Waals surface area contributed by atoms with Crippen LogP contribution in [0.3, 0.4) is 0 Å². The Morgan fingerprint density at radius 2 is 1.77 bits per heavy atom. The normalized spacial score (nSPS) is 9.36. The lowest BCUT2D eigenvalue weighted by atomic mass is 10.2. The number of carbonyl (C=O) groups is 1. The first-order chi connectivity index (χ1) is 9.77. The van der Waals surface area contributed by atoms with E-state index >= 15 is 0 Å². The molecule has 2 N–H and O–H groups in total. The smallest absolute Gasteiger partial charge is 0.220 e. The third-order valence-corrected chi connectivity index (χ3v) is 3.26. The molecular formula is C16H29Cl2N3O. The summed E-state index contributed by atoms with van der Waals surface area (Å²) in [5.74, 6) is 0.156. The van der Waals surface area contributed by atoms with Crippen molar-refractivity contribution < 1.29 is 4.79 Å². The number of rotatable bonds is 10. The molecule has 0 aromatic heterocycles. The second-order valence-electron chi connectivity index (χ2n) is 4.83. The van der Waals surface area contributed by atoms with Gasteiger partial charge in [-0.25, -0.2) is 0 Å². The zero-order chi connectivity index (χ0) is 14.6. The van der Waals surface area contributed by atoms with Crippen molar-refractivity contribution in [3.05, 3.63) is 30.3 Å². The van der Waals surface area contributed by atoms with Gasteiger partial charge in [-0.3, -0.25) is 4.79 Å². The van der Waals surface area contributed by atoms with Gasteiger partial charge in [-0.15, -0.1) is 24.8 Å². The molecule has 1 amide bonds. The van der Waals surface area contributed by atoms with Crippen LogP contribution in [0, 0.1) is 0 Å². The zero-order valence-corrected chi connectivity index (χ0v) is 15.1. The molecular weight excluding hydrogens is 321 g/mol. The lowest BCUT2D eigenvalue weighted by Gasteiger charge is -2.23. The average molecular weight is 350 g/mol. The summed E-state index contributed by atoms with van der Waals surface area (Å²) in [6.07, 6.45) is 2.48. The highest BCUT2D eigenvalue weighted by molar-refractivity contribution is 5.85. The lowest BCUT2D eigenvalue weighted by molar-refractivity contribution is -0.121. The van der Waals surface area contributed by atoms with Gasteiger partial charge in [-0.05, 0) is 45.5 Å². The Kier molecular flexibility index (Phi) is 15.8. The molecule has 0 unspecified atom stereocenters. The Labute approximate surface area is 146 Å². The number of carbonyl (C=O) groups excluding carboxylic acids is 1. The summed E-state index contributed by atoms with van der Waals surface area (Å²) in [6.45, 7) is 5.76. The molecule has 6 heteroatoms. The number of para-hydroxylation sites is 1. The van der Waals surface area contributed by atoms with Gasteiger partial charge < -0.3 is 15.5 Å². The van der Waals surface area contributed by atoms with Gasteiger partial charge in [0.15, 0.2) is 0 Å². The SMILES string of the molecule is CCN(CCCNC(=O)CCCNC)c1ccccc1.Cl.Cl. The Morgan fingerprint density at radius 1 is 1.09 bits per heavy atom. The van der Waals surface area contributed by atoms with Gasteiger partial charge in [-0.2, -0.15) is 0 Å². The molecule has 128 valence electrons. The molecule has 0 saturated heterocycles. The lowest BCUT2D eigenvalue weighted by Crippen LogP contribution is -2.30. The number of amides is 1. The molecule has 4 nitrogen and oxygen atoms in total. The summed E-state index contributed by atoms with van der Waals surface area (Å²) in [7, 11) is 1.90. The summed E-state index contributed by atoms with van der Waals surface area (Å²) < 4.78 is 0. The van der Waals surface area contributed by atoms with Crippen LogP contribution in [0.5, 0.6) is 0 Å². The Hall–Kier alpha value is -0.970. The predicted molar refractivity (Wildman–Crippen MR) is 99.6 cm³/mol. The Balaban J connectivity index is 0. The van der Waals surface area contributed by atoms with Gasteiger partial charge in [0.25, 0.3) is 0 Å². The monoisotopic (exact) mass is 349 g/mol. The van der Waals surface area contributed by atoms with Crippen molar-refractivity contribution in [2.75, 3.05) is 38.1 Å². The number of nitrogens with zero attached hydrogens (tertiary/aromatic N) is 1. The number of halogens is 2. The predicted octanol–water partition coefficient (Wildman–Crippen LogP) is 2.86. The van der Waals surface area contributed by atoms with Gasteiger partial charge >= 0.3 is 0 Å². The molecule has 0 bridgehead atoms. The molecule has 1 aromatic rings. The van der Waals surface area contributed by atoms with E-state index in [1.165, 1.54) is 5.69 Å². The van der Waals surface area contributed by atoms with Crippen LogP contribution in [0.25, 0.3) is 0 Å². The van der Waals surface area contributed by atoms with Crippen LogP contribution in [0.1, 0.15) is 26.2 Å². The summed E-state index contributed by atoms with van der Waals surface area (Å²) in [5.41, 5.74) is 1.25. The number of hydrogen-bond acceptors (Lipinski definition) is 3. The summed E-state index contributed by atoms with van der Waals surface area (Å²) in [6, 6.07) is 10.4. The zero-order valence-electron chi connectivity index (χ0n) is 13.5. The minimum Gasteiger partial charge on any atom is -0.372 e. The minimum absolute atomic E-state index is 0. The molecule has 0 aliphatic carbocycles. The van der Waals surface area contributed by atoms with Gasteiger partial charge in [0.2, 0.25) is 5.91 Å². The molecule has 0 spiro atoms. The van der Waals surface area contributed by atoms with E-state index < -0.39 is 0 Å². The maximum Gasteiger partial charge on any atom is 0.220 e. The molecule has 0 saturated carbocycles. The average Bonchev–Trinajstić information content (AvgIpc) is 2.48. The van der Waals surface area contributed by atoms with Crippen LogP contribution >= 0.6 is 24.8 Å². The molecule has 1 rings (SSSR count). The van der Waals surface area contributed by atoms with Crippen LogP contribution in [0.2, 0.25) is 0 Å². The highest BCUT2D eigenvalue weighted by Crippen LogP contribution is 2.12. The fraction of sp³-hybridized carbons (Fsp3) is 0.562. The van der Waals surface area contributed by atoms with Crippen LogP contribution in [-0.4, -0.2) is 39.1 Å². The Bertz CT molecular complexity index is 377.